The molecule has 0 aromatic rings. The van der Waals surface area contributed by atoms with Gasteiger partial charge in [-0.1, -0.05) is 0 Å². The molecule has 0 radical (unpaired) electrons. The summed E-state index contributed by atoms with van der Waals surface area (Å²) in [6.07, 6.45) is -43.5. The molecule has 5 saturated heterocycles. The second-order valence-corrected chi connectivity index (χ2v) is 17.0. The van der Waals surface area contributed by atoms with Crippen LogP contribution < -0.4 is 10.6 Å². The van der Waals surface area contributed by atoms with Crippen LogP contribution in [-0.2, 0) is 66.8 Å². The zero-order valence-corrected chi connectivity index (χ0v) is 35.5. The highest BCUT2D eigenvalue weighted by Gasteiger charge is 2.57. The Balaban J connectivity index is 1.47. The first-order valence-electron chi connectivity index (χ1n) is 20.1. The fraction of sp³-hybridized carbons (Fsp3) is 0.941. The largest absolute Gasteiger partial charge is 0.397 e. The minimum atomic E-state index is -5.40. The molecule has 2 amide bonds. The molecule has 65 heavy (non-hydrogen) atoms. The van der Waals surface area contributed by atoms with Gasteiger partial charge in [-0.3, -0.25) is 14.1 Å². The zero-order valence-electron chi connectivity index (χ0n) is 34.6. The summed E-state index contributed by atoms with van der Waals surface area (Å²) in [4.78, 5) is 24.9. The van der Waals surface area contributed by atoms with E-state index >= 15 is 0 Å². The van der Waals surface area contributed by atoms with E-state index in [-0.39, 0.29) is 0 Å². The van der Waals surface area contributed by atoms with Crippen molar-refractivity contribution in [2.45, 2.75) is 174 Å². The molecule has 25 atom stereocenters. The van der Waals surface area contributed by atoms with Crippen LogP contribution >= 0.6 is 0 Å². The average molecular weight is 975 g/mol. The number of rotatable bonds is 16. The molecule has 0 spiro atoms. The minimum Gasteiger partial charge on any atom is -0.394 e. The van der Waals surface area contributed by atoms with E-state index in [1.54, 1.807) is 0 Å². The number of amides is 2. The van der Waals surface area contributed by atoms with E-state index in [1.165, 1.54) is 6.92 Å². The number of carbonyl (C=O) groups excluding carboxylic acids is 2. The van der Waals surface area contributed by atoms with Crippen molar-refractivity contribution in [3.05, 3.63) is 0 Å². The van der Waals surface area contributed by atoms with Crippen LogP contribution in [0, 0.1) is 0 Å². The Morgan fingerprint density at radius 3 is 1.52 bits per heavy atom. The number of hydrogen-bond donors (Lipinski definition) is 16. The summed E-state index contributed by atoms with van der Waals surface area (Å²) in [7, 11) is -5.40. The van der Waals surface area contributed by atoms with Crippen molar-refractivity contribution in [2.75, 3.05) is 26.4 Å². The predicted molar refractivity (Wildman–Crippen MR) is 199 cm³/mol. The molecule has 16 N–H and O–H groups in total. The Morgan fingerprint density at radius 1 is 0.508 bits per heavy atom. The third-order valence-electron chi connectivity index (χ3n) is 11.3. The van der Waals surface area contributed by atoms with Crippen molar-refractivity contribution in [2.24, 2.45) is 0 Å². The van der Waals surface area contributed by atoms with E-state index in [0.29, 0.717) is 0 Å². The van der Waals surface area contributed by atoms with Crippen LogP contribution in [0.25, 0.3) is 0 Å². The number of nitrogens with one attached hydrogen (secondary N) is 2. The van der Waals surface area contributed by atoms with Crippen LogP contribution in [0.3, 0.4) is 0 Å². The molecule has 5 heterocycles. The third-order valence-corrected chi connectivity index (χ3v) is 11.7. The van der Waals surface area contributed by atoms with E-state index in [1.807, 2.05) is 0 Å². The Bertz CT molecular complexity index is 1670. The van der Waals surface area contributed by atoms with Gasteiger partial charge in [-0.15, -0.1) is 0 Å². The molecule has 31 heteroatoms. The summed E-state index contributed by atoms with van der Waals surface area (Å²) in [5.74, 6) is -1.63. The van der Waals surface area contributed by atoms with Crippen LogP contribution in [0.15, 0.2) is 0 Å². The fourth-order valence-electron chi connectivity index (χ4n) is 7.91. The number of carbonyl (C=O) groups is 2. The number of hydrogen-bond acceptors (Lipinski definition) is 27. The molecular formula is C34H58N2O28S. The third kappa shape index (κ3) is 12.4. The predicted octanol–water partition coefficient (Wildman–Crippen LogP) is -10.8. The SMILES string of the molecule is CC(=O)N[C@H]1[C@H](OC[C@H]2OC(O)[C@H](NC(C)=O)[C@@H](O[C@@H]3O[C@H](CO)[C@H](O)[C@H](O)[C@H]3O)[C@H]2O)O[C@H](CO)[C@@H](O[C@@H]2O[C@H](CO)[C@H](O)[C@H](OS(=O)(=O)O)[C@H]2O)[C@@H]1O[C@@H]1O[C@@H](C)[C@@H](O)[C@@H](O)[C@@H]1O. The van der Waals surface area contributed by atoms with Crippen molar-refractivity contribution < 1.29 is 136 Å². The normalized spacial score (nSPS) is 47.5. The van der Waals surface area contributed by atoms with Crippen LogP contribution in [0.5, 0.6) is 0 Å². The molecule has 0 aromatic carbocycles. The Hall–Kier alpha value is -2.07. The van der Waals surface area contributed by atoms with Gasteiger partial charge in [-0.2, -0.15) is 8.42 Å². The second kappa shape index (κ2) is 22.6. The van der Waals surface area contributed by atoms with Gasteiger partial charge in [-0.05, 0) is 6.92 Å². The van der Waals surface area contributed by atoms with E-state index in [0.717, 1.165) is 13.8 Å². The molecule has 378 valence electrons. The molecule has 0 aliphatic carbocycles. The first kappa shape index (κ1) is 53.9. The summed E-state index contributed by atoms with van der Waals surface area (Å²) in [6, 6.07) is -3.36. The van der Waals surface area contributed by atoms with Gasteiger partial charge in [0.05, 0.1) is 32.5 Å². The topological polar surface area (TPSA) is 468 Å². The molecule has 5 fully saturated rings. The Labute approximate surface area is 368 Å². The summed E-state index contributed by atoms with van der Waals surface area (Å²) in [5, 5.41) is 142. The van der Waals surface area contributed by atoms with E-state index < -0.39 is 202 Å². The lowest BCUT2D eigenvalue weighted by atomic mass is 9.94. The van der Waals surface area contributed by atoms with Crippen LogP contribution in [-0.4, -0.2) is 271 Å². The molecule has 5 aliphatic rings. The quantitative estimate of drug-likeness (QED) is 0.0639. The van der Waals surface area contributed by atoms with Gasteiger partial charge < -0.3 is 120 Å². The highest BCUT2D eigenvalue weighted by molar-refractivity contribution is 7.80. The van der Waals surface area contributed by atoms with Gasteiger partial charge in [0.25, 0.3) is 0 Å². The standard InChI is InChI=1S/C34H58N2O28S/c1-8-17(42)21(46)23(48)32(56-8)63-28-16(36-10(3)41)31(60-13(6-39)26(28)61-34-25(50)29(64-65(52,53)54)19(44)12(5-38)59-34)55-7-14-20(45)27(15(30(51)57-14)35-9(2)40)62-33-24(49)22(47)18(43)11(4-37)58-33/h8,11-34,37-39,42-51H,4-7H2,1-3H3,(H,35,40)(H,36,41)(H,52,53,54)/t8-,11+,12+,13+,14+,15+,16+,17+,18-,19-,20-,21+,22-,23-,24+,25+,26+,27+,28+,29-,30?,31+,32-,33-,34-/m0/s1. The molecule has 1 unspecified atom stereocenters. The van der Waals surface area contributed by atoms with Crippen molar-refractivity contribution >= 4 is 22.2 Å². The van der Waals surface area contributed by atoms with E-state index in [4.69, 9.17) is 42.6 Å². The van der Waals surface area contributed by atoms with Crippen molar-refractivity contribution in [1.29, 1.82) is 0 Å². The maximum atomic E-state index is 12.8. The number of aliphatic hydroxyl groups is 13. The number of ether oxygens (including phenoxy) is 9. The highest BCUT2D eigenvalue weighted by Crippen LogP contribution is 2.36. The first-order valence-corrected chi connectivity index (χ1v) is 21.5. The van der Waals surface area contributed by atoms with Gasteiger partial charge in [-0.25, -0.2) is 4.18 Å². The van der Waals surface area contributed by atoms with Crippen molar-refractivity contribution in [3.8, 4) is 0 Å². The Kier molecular flexibility index (Phi) is 18.7. The lowest BCUT2D eigenvalue weighted by molar-refractivity contribution is -0.375. The smallest absolute Gasteiger partial charge is 0.394 e. The van der Waals surface area contributed by atoms with E-state index in [9.17, 15) is 88.9 Å². The van der Waals surface area contributed by atoms with Gasteiger partial charge >= 0.3 is 10.4 Å². The summed E-state index contributed by atoms with van der Waals surface area (Å²) >= 11 is 0. The van der Waals surface area contributed by atoms with Gasteiger partial charge in [0, 0.05) is 13.8 Å². The van der Waals surface area contributed by atoms with Crippen molar-refractivity contribution in [3.63, 3.8) is 0 Å². The maximum absolute atomic E-state index is 12.8. The van der Waals surface area contributed by atoms with E-state index in [2.05, 4.69) is 14.8 Å². The fourth-order valence-corrected chi connectivity index (χ4v) is 8.42. The molecule has 5 rings (SSSR count). The molecule has 0 aromatic heterocycles. The second-order valence-electron chi connectivity index (χ2n) is 15.9. The van der Waals surface area contributed by atoms with Crippen LogP contribution in [0.4, 0.5) is 0 Å². The van der Waals surface area contributed by atoms with Crippen LogP contribution in [0.1, 0.15) is 20.8 Å². The summed E-state index contributed by atoms with van der Waals surface area (Å²) < 4.78 is 88.7. The number of aliphatic hydroxyl groups excluding tert-OH is 13. The summed E-state index contributed by atoms with van der Waals surface area (Å²) in [6.45, 7) is -0.530. The minimum absolute atomic E-state index is 0.771. The molecule has 0 bridgehead atoms. The maximum Gasteiger partial charge on any atom is 0.397 e. The van der Waals surface area contributed by atoms with Gasteiger partial charge in [0.15, 0.2) is 31.5 Å². The van der Waals surface area contributed by atoms with Gasteiger partial charge in [0.2, 0.25) is 11.8 Å². The molecular weight excluding hydrogens is 916 g/mol. The monoisotopic (exact) mass is 974 g/mol. The molecule has 5 aliphatic heterocycles. The molecule has 30 nitrogen and oxygen atoms in total. The van der Waals surface area contributed by atoms with Crippen molar-refractivity contribution in [1.82, 2.24) is 10.6 Å². The van der Waals surface area contributed by atoms with Crippen LogP contribution in [0.2, 0.25) is 0 Å². The lowest BCUT2D eigenvalue weighted by Crippen LogP contribution is -2.70. The molecule has 0 saturated carbocycles. The van der Waals surface area contributed by atoms with Gasteiger partial charge in [0.1, 0.15) is 116 Å². The first-order chi connectivity index (χ1) is 30.4. The Morgan fingerprint density at radius 2 is 0.969 bits per heavy atom. The average Bonchev–Trinajstić information content (AvgIpc) is 3.24. The zero-order chi connectivity index (χ0) is 48.4. The highest BCUT2D eigenvalue weighted by atomic mass is 32.3. The summed E-state index contributed by atoms with van der Waals surface area (Å²) in [5.41, 5.74) is 0. The lowest BCUT2D eigenvalue weighted by Gasteiger charge is -2.50.